The zero-order chi connectivity index (χ0) is 33.1. The van der Waals surface area contributed by atoms with E-state index >= 15 is 4.39 Å². The van der Waals surface area contributed by atoms with Crippen molar-refractivity contribution in [3.63, 3.8) is 0 Å². The fourth-order valence-electron chi connectivity index (χ4n) is 5.31. The van der Waals surface area contributed by atoms with Crippen molar-refractivity contribution in [2.24, 2.45) is 0 Å². The van der Waals surface area contributed by atoms with Crippen molar-refractivity contribution in [1.82, 2.24) is 19.7 Å². The van der Waals surface area contributed by atoms with E-state index in [0.29, 0.717) is 22.6 Å². The van der Waals surface area contributed by atoms with E-state index < -0.39 is 45.1 Å². The Balaban J connectivity index is 1.48. The van der Waals surface area contributed by atoms with Gasteiger partial charge in [-0.15, -0.1) is 0 Å². The third kappa shape index (κ3) is 7.16. The molecule has 0 N–H and O–H groups in total. The van der Waals surface area contributed by atoms with Gasteiger partial charge in [0, 0.05) is 62.0 Å². The van der Waals surface area contributed by atoms with Crippen molar-refractivity contribution >= 4 is 27.4 Å². The number of hydrogen-bond donors (Lipinski definition) is 0. The minimum Gasteiger partial charge on any atom is -0.497 e. The molecular formula is C30H31ClF3N5O6S. The van der Waals surface area contributed by atoms with Crippen LogP contribution in [0.3, 0.4) is 0 Å². The van der Waals surface area contributed by atoms with Gasteiger partial charge in [0.15, 0.2) is 0 Å². The number of aromatic nitrogens is 4. The molecule has 0 saturated heterocycles. The van der Waals surface area contributed by atoms with Crippen LogP contribution in [0.1, 0.15) is 36.3 Å². The number of alkyl halides is 2. The Morgan fingerprint density at radius 1 is 1.11 bits per heavy atom. The maximum Gasteiger partial charge on any atom is 0.268 e. The van der Waals surface area contributed by atoms with Gasteiger partial charge >= 0.3 is 0 Å². The number of anilines is 1. The van der Waals surface area contributed by atoms with Gasteiger partial charge in [-0.1, -0.05) is 11.6 Å². The first-order valence-corrected chi connectivity index (χ1v) is 15.8. The second kappa shape index (κ2) is 13.7. The van der Waals surface area contributed by atoms with E-state index in [9.17, 15) is 17.2 Å². The molecule has 1 saturated carbocycles. The molecule has 1 aliphatic rings. The standard InChI is InChI=1S/C30H31ClF3N5O6S/c1-42-18-38-15-20(14-37-38)22-6-8-30(33,34)13-27(22)45-26-12-24(32)28(11-23(26)31)46(40,41)39(29-7-9-35-17-36-29)16-19-4-5-21(43-2)10-25(19)44-3/h4-5,7,9-12,14-15,17,22,27H,6,8,13,16,18H2,1-3H3/t22-,27+/m1/s1. The fourth-order valence-corrected chi connectivity index (χ4v) is 7.05. The molecule has 0 bridgehead atoms. The lowest BCUT2D eigenvalue weighted by molar-refractivity contribution is -0.0773. The van der Waals surface area contributed by atoms with Crippen LogP contribution < -0.4 is 18.5 Å². The minimum atomic E-state index is -4.67. The molecule has 16 heteroatoms. The number of benzene rings is 2. The molecule has 0 unspecified atom stereocenters. The molecular weight excluding hydrogens is 651 g/mol. The molecule has 2 heterocycles. The summed E-state index contributed by atoms with van der Waals surface area (Å²) in [6.07, 6.45) is 3.64. The van der Waals surface area contributed by atoms with Crippen LogP contribution in [-0.2, 0) is 28.0 Å². The Kier molecular flexibility index (Phi) is 9.93. The lowest BCUT2D eigenvalue weighted by Gasteiger charge is -2.36. The summed E-state index contributed by atoms with van der Waals surface area (Å²) >= 11 is 6.47. The average Bonchev–Trinajstić information content (AvgIpc) is 3.49. The van der Waals surface area contributed by atoms with Gasteiger partial charge in [-0.2, -0.15) is 5.10 Å². The largest absolute Gasteiger partial charge is 0.497 e. The molecule has 2 aromatic carbocycles. The van der Waals surface area contributed by atoms with E-state index in [-0.39, 0.29) is 42.7 Å². The molecule has 2 atom stereocenters. The topological polar surface area (TPSA) is 118 Å². The first-order valence-electron chi connectivity index (χ1n) is 14.0. The highest BCUT2D eigenvalue weighted by Crippen LogP contribution is 2.44. The number of halogens is 4. The minimum absolute atomic E-state index is 0.0509. The van der Waals surface area contributed by atoms with Crippen LogP contribution in [0.25, 0.3) is 0 Å². The zero-order valence-electron chi connectivity index (χ0n) is 25.1. The van der Waals surface area contributed by atoms with E-state index in [1.807, 2.05) is 0 Å². The highest BCUT2D eigenvalue weighted by molar-refractivity contribution is 7.92. The third-order valence-corrected chi connectivity index (χ3v) is 9.64. The smallest absolute Gasteiger partial charge is 0.268 e. The molecule has 246 valence electrons. The average molecular weight is 682 g/mol. The zero-order valence-corrected chi connectivity index (χ0v) is 26.6. The normalized spacial score (nSPS) is 17.8. The molecule has 46 heavy (non-hydrogen) atoms. The molecule has 1 fully saturated rings. The van der Waals surface area contributed by atoms with Crippen molar-refractivity contribution in [3.8, 4) is 17.2 Å². The van der Waals surface area contributed by atoms with Crippen LogP contribution in [0.4, 0.5) is 19.0 Å². The van der Waals surface area contributed by atoms with Crippen molar-refractivity contribution in [2.75, 3.05) is 25.6 Å². The van der Waals surface area contributed by atoms with E-state index in [1.54, 1.807) is 30.6 Å². The Morgan fingerprint density at radius 3 is 2.61 bits per heavy atom. The van der Waals surface area contributed by atoms with Gasteiger partial charge in [0.25, 0.3) is 15.9 Å². The van der Waals surface area contributed by atoms with E-state index in [1.165, 1.54) is 38.3 Å². The summed E-state index contributed by atoms with van der Waals surface area (Å²) in [7, 11) is -0.285. The van der Waals surface area contributed by atoms with E-state index in [4.69, 9.17) is 30.5 Å². The summed E-state index contributed by atoms with van der Waals surface area (Å²) in [6.45, 7) is -0.143. The highest BCUT2D eigenvalue weighted by atomic mass is 35.5. The molecule has 11 nitrogen and oxygen atoms in total. The van der Waals surface area contributed by atoms with Crippen molar-refractivity contribution in [1.29, 1.82) is 0 Å². The number of nitrogens with zero attached hydrogens (tertiary/aromatic N) is 5. The van der Waals surface area contributed by atoms with Crippen LogP contribution in [0, 0.1) is 5.82 Å². The number of hydrogen-bond acceptors (Lipinski definition) is 9. The second-order valence-electron chi connectivity index (χ2n) is 10.6. The summed E-state index contributed by atoms with van der Waals surface area (Å²) in [5.41, 5.74) is 1.07. The first kappa shape index (κ1) is 33.3. The third-order valence-electron chi connectivity index (χ3n) is 7.58. The van der Waals surface area contributed by atoms with Gasteiger partial charge in [-0.05, 0) is 30.2 Å². The van der Waals surface area contributed by atoms with Crippen LogP contribution in [-0.4, -0.2) is 61.5 Å². The molecule has 2 aromatic heterocycles. The Bertz CT molecular complexity index is 1780. The molecule has 0 aliphatic heterocycles. The highest BCUT2D eigenvalue weighted by Gasteiger charge is 2.44. The summed E-state index contributed by atoms with van der Waals surface area (Å²) in [5, 5.41) is 3.90. The van der Waals surface area contributed by atoms with E-state index in [0.717, 1.165) is 22.8 Å². The number of ether oxygens (including phenoxy) is 4. The van der Waals surface area contributed by atoms with Crippen molar-refractivity contribution in [3.05, 3.63) is 83.3 Å². The van der Waals surface area contributed by atoms with Crippen LogP contribution in [0.5, 0.6) is 17.2 Å². The molecule has 0 radical (unpaired) electrons. The molecule has 1 aliphatic carbocycles. The summed E-state index contributed by atoms with van der Waals surface area (Å²) in [5.74, 6) is -4.27. The van der Waals surface area contributed by atoms with Crippen LogP contribution >= 0.6 is 11.6 Å². The lowest BCUT2D eigenvalue weighted by atomic mass is 9.81. The number of methoxy groups -OCH3 is 3. The Labute approximate surface area is 268 Å². The maximum absolute atomic E-state index is 15.8. The Morgan fingerprint density at radius 2 is 1.91 bits per heavy atom. The van der Waals surface area contributed by atoms with Crippen molar-refractivity contribution < 1.29 is 40.5 Å². The SMILES string of the molecule is COCn1cc([C@H]2CCC(F)(F)C[C@@H]2Oc2cc(F)c(S(=O)(=O)N(Cc3ccc(OC)cc3OC)c3ccncn3)cc2Cl)cn1. The van der Waals surface area contributed by atoms with Gasteiger partial charge in [0.05, 0.1) is 32.0 Å². The second-order valence-corrected chi connectivity index (χ2v) is 12.8. The monoisotopic (exact) mass is 681 g/mol. The van der Waals surface area contributed by atoms with Gasteiger partial charge in [-0.3, -0.25) is 0 Å². The van der Waals surface area contributed by atoms with Crippen LogP contribution in [0.2, 0.25) is 5.02 Å². The molecule has 5 rings (SSSR count). The lowest BCUT2D eigenvalue weighted by Crippen LogP contribution is -2.38. The summed E-state index contributed by atoms with van der Waals surface area (Å²) in [6, 6.07) is 7.85. The predicted molar refractivity (Wildman–Crippen MR) is 162 cm³/mol. The van der Waals surface area contributed by atoms with Crippen molar-refractivity contribution in [2.45, 2.75) is 55.4 Å². The van der Waals surface area contributed by atoms with Gasteiger partial charge < -0.3 is 18.9 Å². The number of sulfonamides is 1. The molecule has 0 amide bonds. The Hall–Kier alpha value is -4.08. The van der Waals surface area contributed by atoms with Gasteiger partial charge in [0.1, 0.15) is 52.9 Å². The fraction of sp³-hybridized carbons (Fsp3) is 0.367. The number of rotatable bonds is 12. The molecule has 0 spiro atoms. The predicted octanol–water partition coefficient (Wildman–Crippen LogP) is 5.83. The maximum atomic E-state index is 15.8. The van der Waals surface area contributed by atoms with Gasteiger partial charge in [-0.25, -0.2) is 40.5 Å². The first-order chi connectivity index (χ1) is 22.0. The van der Waals surface area contributed by atoms with E-state index in [2.05, 4.69) is 15.1 Å². The summed E-state index contributed by atoms with van der Waals surface area (Å²) in [4.78, 5) is 7.14. The molecule has 4 aromatic rings. The van der Waals surface area contributed by atoms with Gasteiger partial charge in [0.2, 0.25) is 0 Å². The van der Waals surface area contributed by atoms with Crippen LogP contribution in [0.15, 0.2) is 66.2 Å². The summed E-state index contributed by atoms with van der Waals surface area (Å²) < 4.78 is 97.1. The quantitative estimate of drug-likeness (QED) is 0.182.